The van der Waals surface area contributed by atoms with E-state index in [9.17, 15) is 9.18 Å². The minimum atomic E-state index is -0.617. The average Bonchev–Trinajstić information content (AvgIpc) is 2.18. The molecule has 1 aromatic carbocycles. The highest BCUT2D eigenvalue weighted by atomic mass is 19.1. The van der Waals surface area contributed by atoms with Crippen molar-refractivity contribution in [2.45, 2.75) is 0 Å². The van der Waals surface area contributed by atoms with Gasteiger partial charge in [-0.05, 0) is 18.2 Å². The number of rotatable bonds is 2. The van der Waals surface area contributed by atoms with Crippen LogP contribution in [0.2, 0.25) is 0 Å². The van der Waals surface area contributed by atoms with Crippen LogP contribution in [0.25, 0.3) is 0 Å². The highest BCUT2D eigenvalue weighted by Crippen LogP contribution is 2.11. The van der Waals surface area contributed by atoms with Gasteiger partial charge in [0.15, 0.2) is 0 Å². The monoisotopic (exact) mass is 192 g/mol. The second kappa shape index (κ2) is 4.28. The van der Waals surface area contributed by atoms with E-state index in [4.69, 9.17) is 12.2 Å². The van der Waals surface area contributed by atoms with Crippen LogP contribution in [0.5, 0.6) is 0 Å². The smallest absolute Gasteiger partial charge is 0.255 e. The fourth-order valence-corrected chi connectivity index (χ4v) is 0.943. The number of nitrogens with two attached hydrogens (primary N) is 1. The summed E-state index contributed by atoms with van der Waals surface area (Å²) in [5.41, 5.74) is 5.64. The maximum absolute atomic E-state index is 13.1. The molecule has 0 saturated carbocycles. The van der Waals surface area contributed by atoms with Crippen molar-refractivity contribution in [2.75, 3.05) is 12.3 Å². The lowest BCUT2D eigenvalue weighted by Crippen LogP contribution is -2.24. The lowest BCUT2D eigenvalue weighted by molar-refractivity contribution is 0.0955. The number of carbonyl (C=O) groups is 1. The Kier molecular flexibility index (Phi) is 3.08. The number of halogens is 1. The fourth-order valence-electron chi connectivity index (χ4n) is 0.943. The van der Waals surface area contributed by atoms with Crippen molar-refractivity contribution in [1.29, 1.82) is 0 Å². The van der Waals surface area contributed by atoms with Crippen LogP contribution in [0, 0.1) is 18.2 Å². The van der Waals surface area contributed by atoms with Crippen LogP contribution < -0.4 is 11.1 Å². The highest BCUT2D eigenvalue weighted by molar-refractivity contribution is 5.95. The molecule has 0 spiro atoms. The van der Waals surface area contributed by atoms with Gasteiger partial charge in [-0.1, -0.05) is 5.92 Å². The van der Waals surface area contributed by atoms with Gasteiger partial charge in [0, 0.05) is 5.69 Å². The van der Waals surface area contributed by atoms with Gasteiger partial charge in [-0.3, -0.25) is 4.79 Å². The Labute approximate surface area is 81.1 Å². The Hall–Kier alpha value is -2.02. The first-order valence-electron chi connectivity index (χ1n) is 3.92. The van der Waals surface area contributed by atoms with Crippen molar-refractivity contribution >= 4 is 11.6 Å². The molecule has 0 aromatic heterocycles. The minimum absolute atomic E-state index is 0.0626. The molecule has 0 aliphatic rings. The zero-order chi connectivity index (χ0) is 10.6. The molecule has 3 N–H and O–H groups in total. The number of hydrogen-bond donors (Lipinski definition) is 2. The molecule has 14 heavy (non-hydrogen) atoms. The first-order chi connectivity index (χ1) is 6.65. The Morgan fingerprint density at radius 1 is 1.64 bits per heavy atom. The Balaban J connectivity index is 2.90. The predicted molar refractivity (Wildman–Crippen MR) is 52.0 cm³/mol. The van der Waals surface area contributed by atoms with E-state index in [1.54, 1.807) is 0 Å². The van der Waals surface area contributed by atoms with Gasteiger partial charge in [0.25, 0.3) is 5.91 Å². The van der Waals surface area contributed by atoms with Crippen LogP contribution in [-0.2, 0) is 0 Å². The van der Waals surface area contributed by atoms with E-state index in [0.29, 0.717) is 5.69 Å². The van der Waals surface area contributed by atoms with E-state index in [1.165, 1.54) is 12.1 Å². The Bertz CT molecular complexity index is 396. The zero-order valence-corrected chi connectivity index (χ0v) is 7.38. The van der Waals surface area contributed by atoms with Gasteiger partial charge in [0.05, 0.1) is 12.1 Å². The zero-order valence-electron chi connectivity index (χ0n) is 7.38. The largest absolute Gasteiger partial charge is 0.399 e. The summed E-state index contributed by atoms with van der Waals surface area (Å²) in [6, 6.07) is 3.79. The third kappa shape index (κ3) is 2.23. The molecule has 0 unspecified atom stereocenters. The van der Waals surface area contributed by atoms with Crippen LogP contribution in [0.4, 0.5) is 10.1 Å². The van der Waals surface area contributed by atoms with Crippen LogP contribution in [0.3, 0.4) is 0 Å². The summed E-state index contributed by atoms with van der Waals surface area (Å²) in [4.78, 5) is 11.3. The molecular weight excluding hydrogens is 183 g/mol. The summed E-state index contributed by atoms with van der Waals surface area (Å²) < 4.78 is 13.1. The molecule has 0 fully saturated rings. The molecule has 0 atom stereocenters. The first-order valence-corrected chi connectivity index (χ1v) is 3.92. The summed E-state index contributed by atoms with van der Waals surface area (Å²) >= 11 is 0. The van der Waals surface area contributed by atoms with E-state index >= 15 is 0 Å². The lowest BCUT2D eigenvalue weighted by Gasteiger charge is -2.03. The number of nitrogens with one attached hydrogen (secondary N) is 1. The number of anilines is 1. The topological polar surface area (TPSA) is 55.1 Å². The normalized spacial score (nSPS) is 9.14. The molecule has 0 radical (unpaired) electrons. The molecule has 72 valence electrons. The number of terminal acetylenes is 1. The van der Waals surface area contributed by atoms with Crippen molar-refractivity contribution in [2.24, 2.45) is 0 Å². The lowest BCUT2D eigenvalue weighted by atomic mass is 10.2. The van der Waals surface area contributed by atoms with Crippen LogP contribution >= 0.6 is 0 Å². The van der Waals surface area contributed by atoms with E-state index < -0.39 is 11.7 Å². The van der Waals surface area contributed by atoms with Gasteiger partial charge in [-0.2, -0.15) is 0 Å². The molecule has 0 aliphatic heterocycles. The van der Waals surface area contributed by atoms with Crippen LogP contribution in [0.1, 0.15) is 10.4 Å². The van der Waals surface area contributed by atoms with E-state index in [0.717, 1.165) is 6.07 Å². The molecule has 0 bridgehead atoms. The van der Waals surface area contributed by atoms with Gasteiger partial charge in [0.1, 0.15) is 5.82 Å². The molecule has 4 heteroatoms. The minimum Gasteiger partial charge on any atom is -0.399 e. The van der Waals surface area contributed by atoms with Crippen molar-refractivity contribution in [1.82, 2.24) is 5.32 Å². The van der Waals surface area contributed by atoms with Gasteiger partial charge in [-0.25, -0.2) is 4.39 Å². The Morgan fingerprint density at radius 3 is 3.00 bits per heavy atom. The highest BCUT2D eigenvalue weighted by Gasteiger charge is 2.10. The molecule has 0 aliphatic carbocycles. The van der Waals surface area contributed by atoms with Gasteiger partial charge in [-0.15, -0.1) is 6.42 Å². The summed E-state index contributed by atoms with van der Waals surface area (Å²) in [7, 11) is 0. The summed E-state index contributed by atoms with van der Waals surface area (Å²) in [6.07, 6.45) is 4.94. The summed E-state index contributed by atoms with van der Waals surface area (Å²) in [5, 5.41) is 2.35. The van der Waals surface area contributed by atoms with E-state index in [1.807, 2.05) is 0 Å². The number of amides is 1. The molecule has 3 nitrogen and oxygen atoms in total. The summed E-state index contributed by atoms with van der Waals surface area (Å²) in [6.45, 7) is 0.0626. The third-order valence-electron chi connectivity index (χ3n) is 1.59. The molecule has 1 rings (SSSR count). The molecular formula is C10H9FN2O. The molecule has 0 saturated heterocycles. The molecule has 1 amide bonds. The van der Waals surface area contributed by atoms with E-state index in [-0.39, 0.29) is 12.1 Å². The third-order valence-corrected chi connectivity index (χ3v) is 1.59. The number of nitrogen functional groups attached to an aromatic ring is 1. The second-order valence-electron chi connectivity index (χ2n) is 2.63. The van der Waals surface area contributed by atoms with Gasteiger partial charge >= 0.3 is 0 Å². The average molecular weight is 192 g/mol. The first kappa shape index (κ1) is 10.1. The van der Waals surface area contributed by atoms with Gasteiger partial charge < -0.3 is 11.1 Å². The maximum atomic E-state index is 13.1. The van der Waals surface area contributed by atoms with Crippen molar-refractivity contribution in [3.63, 3.8) is 0 Å². The standard InChI is InChI=1S/C10H9FN2O/c1-2-5-13-10(14)8-6-7(12)3-4-9(8)11/h1,3-4,6H,5,12H2,(H,13,14). The van der Waals surface area contributed by atoms with Crippen molar-refractivity contribution < 1.29 is 9.18 Å². The quantitative estimate of drug-likeness (QED) is 0.537. The molecule has 1 aromatic rings. The van der Waals surface area contributed by atoms with E-state index in [2.05, 4.69) is 11.2 Å². The van der Waals surface area contributed by atoms with Crippen LogP contribution in [-0.4, -0.2) is 12.5 Å². The van der Waals surface area contributed by atoms with Crippen molar-refractivity contribution in [3.05, 3.63) is 29.6 Å². The van der Waals surface area contributed by atoms with Crippen LogP contribution in [0.15, 0.2) is 18.2 Å². The second-order valence-corrected chi connectivity index (χ2v) is 2.63. The number of benzene rings is 1. The van der Waals surface area contributed by atoms with Gasteiger partial charge in [0.2, 0.25) is 0 Å². The molecule has 0 heterocycles. The van der Waals surface area contributed by atoms with Crippen molar-refractivity contribution in [3.8, 4) is 12.3 Å². The summed E-state index contributed by atoms with van der Waals surface area (Å²) in [5.74, 6) is 1.04. The number of carbonyl (C=O) groups excluding carboxylic acids is 1. The fraction of sp³-hybridized carbons (Fsp3) is 0.100. The Morgan fingerprint density at radius 2 is 2.36 bits per heavy atom. The number of hydrogen-bond acceptors (Lipinski definition) is 2. The SMILES string of the molecule is C#CCNC(=O)c1cc(N)ccc1F. The predicted octanol–water partition coefficient (Wildman–Crippen LogP) is 0.771. The maximum Gasteiger partial charge on any atom is 0.255 e.